The number of amides is 1. The number of hydrogen-bond donors (Lipinski definition) is 3. The van der Waals surface area contributed by atoms with Gasteiger partial charge in [-0.15, -0.1) is 5.10 Å². The van der Waals surface area contributed by atoms with E-state index in [4.69, 9.17) is 0 Å². The first-order valence-electron chi connectivity index (χ1n) is 6.19. The van der Waals surface area contributed by atoms with Crippen molar-refractivity contribution in [3.05, 3.63) is 41.5 Å². The highest BCUT2D eigenvalue weighted by molar-refractivity contribution is 6.01. The lowest BCUT2D eigenvalue weighted by Gasteiger charge is -2.09. The summed E-state index contributed by atoms with van der Waals surface area (Å²) in [7, 11) is 1.86. The molecule has 1 aromatic carbocycles. The number of hydrogen-bond acceptors (Lipinski definition) is 4. The highest BCUT2D eigenvalue weighted by atomic mass is 16.2. The lowest BCUT2D eigenvalue weighted by molar-refractivity contribution is 0.101. The van der Waals surface area contributed by atoms with Crippen molar-refractivity contribution in [1.82, 2.24) is 20.5 Å². The van der Waals surface area contributed by atoms with Crippen molar-refractivity contribution < 1.29 is 4.79 Å². The molecule has 19 heavy (non-hydrogen) atoms. The Morgan fingerprint density at radius 1 is 1.37 bits per heavy atom. The molecule has 0 saturated carbocycles. The Balaban J connectivity index is 2.14. The number of carbonyl (C=O) groups excluding carboxylic acids is 1. The zero-order valence-corrected chi connectivity index (χ0v) is 11.0. The van der Waals surface area contributed by atoms with Crippen LogP contribution in [0.4, 0.5) is 5.69 Å². The maximum Gasteiger partial charge on any atom is 0.295 e. The summed E-state index contributed by atoms with van der Waals surface area (Å²) in [5.74, 6) is 0.560. The molecule has 0 bridgehead atoms. The lowest BCUT2D eigenvalue weighted by Crippen LogP contribution is -2.16. The minimum Gasteiger partial charge on any atom is -0.319 e. The fraction of sp³-hybridized carbons (Fsp3) is 0.308. The monoisotopic (exact) mass is 259 g/mol. The molecule has 2 aromatic rings. The summed E-state index contributed by atoms with van der Waals surface area (Å²) in [4.78, 5) is 16.1. The van der Waals surface area contributed by atoms with Crippen LogP contribution in [0.5, 0.6) is 0 Å². The predicted octanol–water partition coefficient (Wildman–Crippen LogP) is 1.34. The number of nitrogens with one attached hydrogen (secondary N) is 3. The van der Waals surface area contributed by atoms with E-state index < -0.39 is 0 Å². The van der Waals surface area contributed by atoms with E-state index in [2.05, 4.69) is 25.8 Å². The van der Waals surface area contributed by atoms with Gasteiger partial charge in [0.05, 0.1) is 0 Å². The first-order chi connectivity index (χ1) is 9.24. The maximum atomic E-state index is 12.0. The maximum absolute atomic E-state index is 12.0. The number of para-hydroxylation sites is 1. The Labute approximate surface area is 111 Å². The van der Waals surface area contributed by atoms with Gasteiger partial charge < -0.3 is 10.6 Å². The second-order valence-corrected chi connectivity index (χ2v) is 4.10. The number of aromatic nitrogens is 3. The summed E-state index contributed by atoms with van der Waals surface area (Å²) in [6, 6.07) is 7.63. The number of aryl methyl sites for hydroxylation is 1. The van der Waals surface area contributed by atoms with Crippen LogP contribution in [0.15, 0.2) is 24.3 Å². The highest BCUT2D eigenvalue weighted by Gasteiger charge is 2.13. The van der Waals surface area contributed by atoms with Crippen LogP contribution < -0.4 is 10.6 Å². The summed E-state index contributed by atoms with van der Waals surface area (Å²) in [6.07, 6.45) is 0.719. The van der Waals surface area contributed by atoms with Crippen LogP contribution in [0.3, 0.4) is 0 Å². The molecule has 6 nitrogen and oxygen atoms in total. The van der Waals surface area contributed by atoms with Crippen molar-refractivity contribution >= 4 is 11.6 Å². The molecule has 0 radical (unpaired) electrons. The molecule has 0 saturated heterocycles. The van der Waals surface area contributed by atoms with Crippen LogP contribution in [0, 0.1) is 0 Å². The molecule has 0 fully saturated rings. The Morgan fingerprint density at radius 3 is 2.84 bits per heavy atom. The fourth-order valence-corrected chi connectivity index (χ4v) is 1.72. The van der Waals surface area contributed by atoms with E-state index in [1.807, 2.05) is 38.2 Å². The molecule has 6 heteroatoms. The molecular weight excluding hydrogens is 242 g/mol. The van der Waals surface area contributed by atoms with E-state index in [1.165, 1.54) is 0 Å². The van der Waals surface area contributed by atoms with Crippen LogP contribution in [0.25, 0.3) is 0 Å². The first-order valence-corrected chi connectivity index (χ1v) is 6.19. The number of rotatable bonds is 5. The van der Waals surface area contributed by atoms with Crippen LogP contribution in [0.1, 0.15) is 28.9 Å². The van der Waals surface area contributed by atoms with Gasteiger partial charge >= 0.3 is 0 Å². The van der Waals surface area contributed by atoms with Crippen molar-refractivity contribution in [3.63, 3.8) is 0 Å². The summed E-state index contributed by atoms with van der Waals surface area (Å²) in [5.41, 5.74) is 1.79. The molecule has 100 valence electrons. The third-order valence-corrected chi connectivity index (χ3v) is 2.70. The summed E-state index contributed by atoms with van der Waals surface area (Å²) in [6.45, 7) is 2.63. The minimum atomic E-state index is -0.306. The van der Waals surface area contributed by atoms with Crippen LogP contribution >= 0.6 is 0 Å². The molecule has 1 aromatic heterocycles. The van der Waals surface area contributed by atoms with Gasteiger partial charge in [0.2, 0.25) is 5.82 Å². The molecule has 0 aliphatic heterocycles. The number of benzene rings is 1. The fourth-order valence-electron chi connectivity index (χ4n) is 1.72. The van der Waals surface area contributed by atoms with E-state index in [9.17, 15) is 4.79 Å². The van der Waals surface area contributed by atoms with E-state index in [0.29, 0.717) is 12.4 Å². The zero-order valence-electron chi connectivity index (χ0n) is 11.0. The minimum absolute atomic E-state index is 0.163. The number of anilines is 1. The van der Waals surface area contributed by atoms with E-state index in [1.54, 1.807) is 0 Å². The van der Waals surface area contributed by atoms with E-state index in [-0.39, 0.29) is 11.7 Å². The Hall–Kier alpha value is -2.21. The van der Waals surface area contributed by atoms with Gasteiger partial charge in [0.25, 0.3) is 5.91 Å². The van der Waals surface area contributed by atoms with Crippen LogP contribution in [-0.2, 0) is 13.0 Å². The summed E-state index contributed by atoms with van der Waals surface area (Å²) in [5, 5.41) is 12.5. The molecule has 2 rings (SSSR count). The number of H-pyrrole nitrogens is 1. The van der Waals surface area contributed by atoms with E-state index >= 15 is 0 Å². The van der Waals surface area contributed by atoms with Crippen molar-refractivity contribution in [3.8, 4) is 0 Å². The highest BCUT2D eigenvalue weighted by Crippen LogP contribution is 2.15. The van der Waals surface area contributed by atoms with Gasteiger partial charge in [-0.1, -0.05) is 25.1 Å². The molecule has 0 spiro atoms. The lowest BCUT2D eigenvalue weighted by atomic mass is 10.1. The molecule has 1 amide bonds. The average Bonchev–Trinajstić information content (AvgIpc) is 2.90. The first kappa shape index (κ1) is 13.2. The number of aromatic amines is 1. The summed E-state index contributed by atoms with van der Waals surface area (Å²) < 4.78 is 0. The quantitative estimate of drug-likeness (QED) is 0.756. The van der Waals surface area contributed by atoms with Crippen LogP contribution in [0.2, 0.25) is 0 Å². The molecular formula is C13H17N5O. The van der Waals surface area contributed by atoms with Crippen molar-refractivity contribution in [2.75, 3.05) is 12.4 Å². The number of carbonyl (C=O) groups is 1. The second kappa shape index (κ2) is 6.10. The van der Waals surface area contributed by atoms with Gasteiger partial charge in [0, 0.05) is 18.7 Å². The van der Waals surface area contributed by atoms with Crippen LogP contribution in [-0.4, -0.2) is 28.1 Å². The van der Waals surface area contributed by atoms with Gasteiger partial charge in [-0.05, 0) is 18.7 Å². The summed E-state index contributed by atoms with van der Waals surface area (Å²) >= 11 is 0. The Kier molecular flexibility index (Phi) is 4.25. The van der Waals surface area contributed by atoms with Crippen molar-refractivity contribution in [2.45, 2.75) is 19.9 Å². The third kappa shape index (κ3) is 3.17. The van der Waals surface area contributed by atoms with Crippen molar-refractivity contribution in [1.29, 1.82) is 0 Å². The second-order valence-electron chi connectivity index (χ2n) is 4.10. The van der Waals surface area contributed by atoms with Gasteiger partial charge in [-0.2, -0.15) is 0 Å². The largest absolute Gasteiger partial charge is 0.319 e. The normalized spacial score (nSPS) is 10.4. The van der Waals surface area contributed by atoms with E-state index in [0.717, 1.165) is 17.7 Å². The standard InChI is InChI=1S/C13H17N5O/c1-3-11-16-12(18-17-11)13(19)15-10-7-5-4-6-9(10)8-14-2/h4-7,14H,3,8H2,1-2H3,(H,15,19)(H,16,17,18). The predicted molar refractivity (Wildman–Crippen MR) is 72.9 cm³/mol. The molecule has 3 N–H and O–H groups in total. The van der Waals surface area contributed by atoms with Crippen molar-refractivity contribution in [2.24, 2.45) is 0 Å². The number of nitrogens with zero attached hydrogens (tertiary/aromatic N) is 2. The van der Waals surface area contributed by atoms with Gasteiger partial charge in [0.15, 0.2) is 0 Å². The van der Waals surface area contributed by atoms with Gasteiger partial charge in [0.1, 0.15) is 5.82 Å². The molecule has 0 aliphatic rings. The molecule has 0 unspecified atom stereocenters. The zero-order chi connectivity index (χ0) is 13.7. The van der Waals surface area contributed by atoms with Gasteiger partial charge in [-0.25, -0.2) is 4.98 Å². The molecule has 1 heterocycles. The average molecular weight is 259 g/mol. The van der Waals surface area contributed by atoms with Gasteiger partial charge in [-0.3, -0.25) is 9.89 Å². The molecule has 0 aliphatic carbocycles. The third-order valence-electron chi connectivity index (χ3n) is 2.70. The smallest absolute Gasteiger partial charge is 0.295 e. The Bertz CT molecular complexity index is 564. The SMILES string of the molecule is CCc1nc(C(=O)Nc2ccccc2CNC)n[nH]1. The topological polar surface area (TPSA) is 82.7 Å². The molecule has 0 atom stereocenters. The Morgan fingerprint density at radius 2 is 2.16 bits per heavy atom.